The smallest absolute Gasteiger partial charge is 0.0529 e. The highest BCUT2D eigenvalue weighted by atomic mass is 32.2. The molecule has 0 bridgehead atoms. The molecule has 0 saturated heterocycles. The highest BCUT2D eigenvalue weighted by Crippen LogP contribution is 2.14. The van der Waals surface area contributed by atoms with Gasteiger partial charge >= 0.3 is 0 Å². The SMILES string of the molecule is Cc1ccc(S(=O)CCCCC(C)N)cc1C. The first-order chi connectivity index (χ1) is 8.00. The number of hydrogen-bond acceptors (Lipinski definition) is 2. The number of aryl methyl sites for hydroxylation is 2. The summed E-state index contributed by atoms with van der Waals surface area (Å²) in [4.78, 5) is 0.953. The van der Waals surface area contributed by atoms with E-state index in [1.807, 2.05) is 25.1 Å². The van der Waals surface area contributed by atoms with Crippen LogP contribution in [0.2, 0.25) is 0 Å². The Morgan fingerprint density at radius 1 is 1.24 bits per heavy atom. The van der Waals surface area contributed by atoms with Crippen LogP contribution < -0.4 is 5.73 Å². The Labute approximate surface area is 107 Å². The van der Waals surface area contributed by atoms with Gasteiger partial charge in [-0.05, 0) is 56.9 Å². The van der Waals surface area contributed by atoms with Crippen LogP contribution in [0.3, 0.4) is 0 Å². The molecule has 0 aliphatic heterocycles. The van der Waals surface area contributed by atoms with Gasteiger partial charge in [-0.2, -0.15) is 0 Å². The summed E-state index contributed by atoms with van der Waals surface area (Å²) in [6.45, 7) is 6.15. The van der Waals surface area contributed by atoms with Gasteiger partial charge in [-0.3, -0.25) is 4.21 Å². The molecule has 0 amide bonds. The number of nitrogens with two attached hydrogens (primary N) is 1. The van der Waals surface area contributed by atoms with Crippen molar-refractivity contribution in [3.8, 4) is 0 Å². The second kappa shape index (κ2) is 6.92. The van der Waals surface area contributed by atoms with Crippen LogP contribution in [0.25, 0.3) is 0 Å². The fraction of sp³-hybridized carbons (Fsp3) is 0.571. The van der Waals surface area contributed by atoms with Crippen molar-refractivity contribution in [3.63, 3.8) is 0 Å². The van der Waals surface area contributed by atoms with E-state index in [1.54, 1.807) is 0 Å². The average Bonchev–Trinajstić information content (AvgIpc) is 2.27. The van der Waals surface area contributed by atoms with E-state index in [0.29, 0.717) is 0 Å². The van der Waals surface area contributed by atoms with Crippen molar-refractivity contribution in [2.24, 2.45) is 5.73 Å². The second-order valence-electron chi connectivity index (χ2n) is 4.77. The molecule has 2 atom stereocenters. The van der Waals surface area contributed by atoms with Gasteiger partial charge in [-0.1, -0.05) is 12.5 Å². The first kappa shape index (κ1) is 14.4. The lowest BCUT2D eigenvalue weighted by atomic mass is 10.1. The quantitative estimate of drug-likeness (QED) is 0.792. The van der Waals surface area contributed by atoms with Crippen LogP contribution in [0.5, 0.6) is 0 Å². The Bertz CT molecular complexity index is 388. The summed E-state index contributed by atoms with van der Waals surface area (Å²) >= 11 is 0. The third-order valence-electron chi connectivity index (χ3n) is 2.98. The van der Waals surface area contributed by atoms with E-state index in [9.17, 15) is 4.21 Å². The van der Waals surface area contributed by atoms with Crippen molar-refractivity contribution < 1.29 is 4.21 Å². The van der Waals surface area contributed by atoms with E-state index in [4.69, 9.17) is 5.73 Å². The molecule has 0 fully saturated rings. The lowest BCUT2D eigenvalue weighted by Gasteiger charge is -2.06. The first-order valence-electron chi connectivity index (χ1n) is 6.22. The molecule has 0 spiro atoms. The minimum atomic E-state index is -0.857. The predicted molar refractivity (Wildman–Crippen MR) is 74.7 cm³/mol. The van der Waals surface area contributed by atoms with Gasteiger partial charge in [-0.15, -0.1) is 0 Å². The zero-order chi connectivity index (χ0) is 12.8. The van der Waals surface area contributed by atoms with E-state index in [0.717, 1.165) is 29.9 Å². The van der Waals surface area contributed by atoms with Crippen LogP contribution in [0.4, 0.5) is 0 Å². The van der Waals surface area contributed by atoms with Crippen molar-refractivity contribution in [3.05, 3.63) is 29.3 Å². The summed E-state index contributed by atoms with van der Waals surface area (Å²) in [5.41, 5.74) is 8.15. The van der Waals surface area contributed by atoms with Gasteiger partial charge in [0.2, 0.25) is 0 Å². The minimum Gasteiger partial charge on any atom is -0.328 e. The van der Waals surface area contributed by atoms with Gasteiger partial charge in [-0.25, -0.2) is 0 Å². The van der Waals surface area contributed by atoms with Crippen LogP contribution >= 0.6 is 0 Å². The molecule has 2 unspecified atom stereocenters. The van der Waals surface area contributed by atoms with Gasteiger partial charge in [0.25, 0.3) is 0 Å². The van der Waals surface area contributed by atoms with Crippen LogP contribution in [-0.2, 0) is 10.8 Å². The van der Waals surface area contributed by atoms with Gasteiger partial charge in [0.1, 0.15) is 0 Å². The van der Waals surface area contributed by atoms with Crippen molar-refractivity contribution in [1.82, 2.24) is 0 Å². The maximum Gasteiger partial charge on any atom is 0.0529 e. The Kier molecular flexibility index (Phi) is 5.86. The lowest BCUT2D eigenvalue weighted by molar-refractivity contribution is 0.613. The molecule has 0 heterocycles. The number of hydrogen-bond donors (Lipinski definition) is 1. The fourth-order valence-corrected chi connectivity index (χ4v) is 2.90. The average molecular weight is 253 g/mol. The highest BCUT2D eigenvalue weighted by Gasteiger charge is 2.05. The Hall–Kier alpha value is -0.670. The zero-order valence-corrected chi connectivity index (χ0v) is 11.8. The van der Waals surface area contributed by atoms with Gasteiger partial charge in [0.05, 0.1) is 10.8 Å². The predicted octanol–water partition coefficient (Wildman–Crippen LogP) is 2.93. The van der Waals surface area contributed by atoms with E-state index in [2.05, 4.69) is 13.8 Å². The summed E-state index contributed by atoms with van der Waals surface area (Å²) in [6, 6.07) is 6.32. The summed E-state index contributed by atoms with van der Waals surface area (Å²) in [7, 11) is -0.857. The summed E-state index contributed by atoms with van der Waals surface area (Å²) in [6.07, 6.45) is 3.07. The molecule has 3 heteroatoms. The second-order valence-corrected chi connectivity index (χ2v) is 6.34. The Morgan fingerprint density at radius 2 is 1.94 bits per heavy atom. The Morgan fingerprint density at radius 3 is 2.53 bits per heavy atom. The molecule has 2 N–H and O–H groups in total. The topological polar surface area (TPSA) is 43.1 Å². The highest BCUT2D eigenvalue weighted by molar-refractivity contribution is 7.85. The number of unbranched alkanes of at least 4 members (excludes halogenated alkanes) is 1. The lowest BCUT2D eigenvalue weighted by Crippen LogP contribution is -2.14. The van der Waals surface area contributed by atoms with Crippen molar-refractivity contribution in [2.75, 3.05) is 5.75 Å². The minimum absolute atomic E-state index is 0.255. The van der Waals surface area contributed by atoms with Gasteiger partial charge in [0.15, 0.2) is 0 Å². The molecule has 1 aromatic carbocycles. The van der Waals surface area contributed by atoms with Crippen LogP contribution in [0.1, 0.15) is 37.3 Å². The summed E-state index contributed by atoms with van der Waals surface area (Å²) in [5.74, 6) is 0.745. The van der Waals surface area contributed by atoms with Crippen LogP contribution in [0, 0.1) is 13.8 Å². The van der Waals surface area contributed by atoms with E-state index in [-0.39, 0.29) is 6.04 Å². The molecule has 0 radical (unpaired) electrons. The molecule has 2 nitrogen and oxygen atoms in total. The first-order valence-corrected chi connectivity index (χ1v) is 7.54. The standard InChI is InChI=1S/C14H23NOS/c1-11-7-8-14(10-12(11)2)17(16)9-5-4-6-13(3)15/h7-8,10,13H,4-6,9,15H2,1-3H3. The molecule has 1 rings (SSSR count). The van der Waals surface area contributed by atoms with Crippen molar-refractivity contribution in [1.29, 1.82) is 0 Å². The maximum absolute atomic E-state index is 12.0. The molecule has 1 aromatic rings. The zero-order valence-electron chi connectivity index (χ0n) is 11.0. The van der Waals surface area contributed by atoms with E-state index >= 15 is 0 Å². The number of benzene rings is 1. The van der Waals surface area contributed by atoms with Gasteiger partial charge < -0.3 is 5.73 Å². The maximum atomic E-state index is 12.0. The van der Waals surface area contributed by atoms with E-state index in [1.165, 1.54) is 11.1 Å². The normalized spacial score (nSPS) is 14.6. The molecular weight excluding hydrogens is 230 g/mol. The number of rotatable bonds is 6. The van der Waals surface area contributed by atoms with Crippen molar-refractivity contribution in [2.45, 2.75) is 51.0 Å². The molecule has 0 saturated carbocycles. The monoisotopic (exact) mass is 253 g/mol. The molecule has 96 valence electrons. The largest absolute Gasteiger partial charge is 0.328 e. The van der Waals surface area contributed by atoms with Crippen LogP contribution in [-0.4, -0.2) is 16.0 Å². The molecule has 0 aliphatic carbocycles. The van der Waals surface area contributed by atoms with E-state index < -0.39 is 10.8 Å². The molecule has 0 aromatic heterocycles. The molecular formula is C14H23NOS. The van der Waals surface area contributed by atoms with Crippen molar-refractivity contribution >= 4 is 10.8 Å². The third-order valence-corrected chi connectivity index (χ3v) is 4.42. The Balaban J connectivity index is 2.44. The van der Waals surface area contributed by atoms with Crippen LogP contribution in [0.15, 0.2) is 23.1 Å². The molecule has 17 heavy (non-hydrogen) atoms. The summed E-state index contributed by atoms with van der Waals surface area (Å²) < 4.78 is 12.0. The third kappa shape index (κ3) is 5.00. The molecule has 0 aliphatic rings. The summed E-state index contributed by atoms with van der Waals surface area (Å²) in [5, 5.41) is 0. The van der Waals surface area contributed by atoms with Gasteiger partial charge in [0, 0.05) is 16.7 Å². The fourth-order valence-electron chi connectivity index (χ4n) is 1.67.